The van der Waals surface area contributed by atoms with Crippen LogP contribution in [0.15, 0.2) is 42.5 Å². The predicted molar refractivity (Wildman–Crippen MR) is 78.9 cm³/mol. The Balaban J connectivity index is 2.08. The van der Waals surface area contributed by atoms with Crippen LogP contribution in [0.25, 0.3) is 0 Å². The summed E-state index contributed by atoms with van der Waals surface area (Å²) in [5, 5.41) is 0.682. The molecule has 0 heterocycles. The van der Waals surface area contributed by atoms with Crippen molar-refractivity contribution in [2.45, 2.75) is 20.0 Å². The first kappa shape index (κ1) is 14.4. The van der Waals surface area contributed by atoms with Crippen LogP contribution in [0.3, 0.4) is 0 Å². The Morgan fingerprint density at radius 2 is 1.75 bits per heavy atom. The van der Waals surface area contributed by atoms with Crippen LogP contribution in [-0.2, 0) is 4.79 Å². The van der Waals surface area contributed by atoms with Gasteiger partial charge in [-0.05, 0) is 61.9 Å². The third-order valence-electron chi connectivity index (χ3n) is 2.70. The fraction of sp³-hybridized carbons (Fsp3) is 0.188. The molecule has 0 N–H and O–H groups in total. The average molecular weight is 291 g/mol. The van der Waals surface area contributed by atoms with Crippen LogP contribution in [0, 0.1) is 6.92 Å². The van der Waals surface area contributed by atoms with E-state index in [1.54, 1.807) is 37.3 Å². The maximum Gasteiger partial charge on any atom is 0.160 e. The summed E-state index contributed by atoms with van der Waals surface area (Å²) in [6.07, 6.45) is 0.293. The summed E-state index contributed by atoms with van der Waals surface area (Å²) < 4.78 is 11.1. The first-order valence-corrected chi connectivity index (χ1v) is 6.62. The van der Waals surface area contributed by atoms with E-state index in [4.69, 9.17) is 21.1 Å². The zero-order valence-electron chi connectivity index (χ0n) is 11.3. The Labute approximate surface area is 123 Å². The number of carbonyl (C=O) groups is 1. The SMILES string of the molecule is Cc1cc(Cl)ccc1Oc1ccc(OC(C)C=O)cc1. The minimum atomic E-state index is -0.458. The van der Waals surface area contributed by atoms with Crippen LogP contribution in [0.2, 0.25) is 5.02 Å². The van der Waals surface area contributed by atoms with E-state index in [1.165, 1.54) is 0 Å². The lowest BCUT2D eigenvalue weighted by Crippen LogP contribution is -2.12. The zero-order chi connectivity index (χ0) is 14.5. The van der Waals surface area contributed by atoms with Gasteiger partial charge in [0.2, 0.25) is 0 Å². The molecule has 0 aromatic heterocycles. The summed E-state index contributed by atoms with van der Waals surface area (Å²) >= 11 is 5.90. The highest BCUT2D eigenvalue weighted by Crippen LogP contribution is 2.28. The third kappa shape index (κ3) is 3.75. The van der Waals surface area contributed by atoms with Gasteiger partial charge in [-0.3, -0.25) is 4.79 Å². The molecule has 2 aromatic carbocycles. The lowest BCUT2D eigenvalue weighted by molar-refractivity contribution is -0.113. The van der Waals surface area contributed by atoms with Crippen molar-refractivity contribution < 1.29 is 14.3 Å². The van der Waals surface area contributed by atoms with E-state index in [0.29, 0.717) is 16.5 Å². The number of aldehydes is 1. The van der Waals surface area contributed by atoms with Gasteiger partial charge < -0.3 is 9.47 Å². The van der Waals surface area contributed by atoms with Crippen molar-refractivity contribution in [2.24, 2.45) is 0 Å². The molecule has 0 saturated heterocycles. The highest BCUT2D eigenvalue weighted by Gasteiger charge is 2.04. The summed E-state index contributed by atoms with van der Waals surface area (Å²) in [4.78, 5) is 10.5. The van der Waals surface area contributed by atoms with Gasteiger partial charge in [-0.15, -0.1) is 0 Å². The van der Waals surface area contributed by atoms with Crippen LogP contribution in [0.1, 0.15) is 12.5 Å². The van der Waals surface area contributed by atoms with Crippen molar-refractivity contribution in [3.8, 4) is 17.2 Å². The maximum absolute atomic E-state index is 10.5. The van der Waals surface area contributed by atoms with Crippen LogP contribution >= 0.6 is 11.6 Å². The molecule has 0 bridgehead atoms. The Kier molecular flexibility index (Phi) is 4.64. The number of ether oxygens (including phenoxy) is 2. The van der Waals surface area contributed by atoms with Crippen molar-refractivity contribution in [3.63, 3.8) is 0 Å². The number of rotatable bonds is 5. The Morgan fingerprint density at radius 1 is 1.10 bits per heavy atom. The van der Waals surface area contributed by atoms with Gasteiger partial charge >= 0.3 is 0 Å². The number of hydrogen-bond donors (Lipinski definition) is 0. The van der Waals surface area contributed by atoms with Crippen molar-refractivity contribution in [2.75, 3.05) is 0 Å². The molecule has 0 radical (unpaired) electrons. The molecule has 0 amide bonds. The largest absolute Gasteiger partial charge is 0.483 e. The van der Waals surface area contributed by atoms with Gasteiger partial charge in [-0.1, -0.05) is 11.6 Å². The van der Waals surface area contributed by atoms with Crippen LogP contribution < -0.4 is 9.47 Å². The van der Waals surface area contributed by atoms with Gasteiger partial charge in [0.25, 0.3) is 0 Å². The molecule has 0 spiro atoms. The molecule has 1 atom stereocenters. The smallest absolute Gasteiger partial charge is 0.160 e. The van der Waals surface area contributed by atoms with E-state index in [9.17, 15) is 4.79 Å². The van der Waals surface area contributed by atoms with Gasteiger partial charge in [0.05, 0.1) is 0 Å². The van der Waals surface area contributed by atoms with Crippen molar-refractivity contribution in [1.82, 2.24) is 0 Å². The lowest BCUT2D eigenvalue weighted by atomic mass is 10.2. The molecule has 0 fully saturated rings. The lowest BCUT2D eigenvalue weighted by Gasteiger charge is -2.11. The topological polar surface area (TPSA) is 35.5 Å². The average Bonchev–Trinajstić information content (AvgIpc) is 2.44. The van der Waals surface area contributed by atoms with Gasteiger partial charge in [0.15, 0.2) is 12.4 Å². The second-order valence-corrected chi connectivity index (χ2v) is 4.88. The molecular formula is C16H15ClO3. The standard InChI is InChI=1S/C16H15ClO3/c1-11-9-13(17)3-8-16(11)20-15-6-4-14(5-7-15)19-12(2)10-18/h3-10,12H,1-2H3. The van der Waals surface area contributed by atoms with Gasteiger partial charge in [-0.2, -0.15) is 0 Å². The second kappa shape index (κ2) is 6.44. The molecule has 2 aromatic rings. The number of hydrogen-bond acceptors (Lipinski definition) is 3. The highest BCUT2D eigenvalue weighted by atomic mass is 35.5. The normalized spacial score (nSPS) is 11.8. The first-order valence-electron chi connectivity index (χ1n) is 6.24. The Morgan fingerprint density at radius 3 is 2.35 bits per heavy atom. The fourth-order valence-electron chi connectivity index (χ4n) is 1.68. The van der Waals surface area contributed by atoms with Gasteiger partial charge in [0.1, 0.15) is 17.2 Å². The number of halogens is 1. The maximum atomic E-state index is 10.5. The first-order chi connectivity index (χ1) is 9.58. The third-order valence-corrected chi connectivity index (χ3v) is 2.94. The van der Waals surface area contributed by atoms with Gasteiger partial charge in [0, 0.05) is 5.02 Å². The fourth-order valence-corrected chi connectivity index (χ4v) is 1.91. The number of aryl methyl sites for hydroxylation is 1. The summed E-state index contributed by atoms with van der Waals surface area (Å²) in [6, 6.07) is 12.6. The molecule has 0 aliphatic rings. The number of benzene rings is 2. The van der Waals surface area contributed by atoms with E-state index in [-0.39, 0.29) is 0 Å². The molecule has 0 aliphatic carbocycles. The van der Waals surface area contributed by atoms with Crippen LogP contribution in [-0.4, -0.2) is 12.4 Å². The monoisotopic (exact) mass is 290 g/mol. The molecule has 20 heavy (non-hydrogen) atoms. The van der Waals surface area contributed by atoms with Crippen molar-refractivity contribution in [1.29, 1.82) is 0 Å². The van der Waals surface area contributed by atoms with E-state index >= 15 is 0 Å². The molecule has 104 valence electrons. The molecule has 1 unspecified atom stereocenters. The molecular weight excluding hydrogens is 276 g/mol. The minimum absolute atomic E-state index is 0.458. The molecule has 2 rings (SSSR count). The molecule has 3 nitrogen and oxygen atoms in total. The van der Waals surface area contributed by atoms with Crippen LogP contribution in [0.4, 0.5) is 0 Å². The quantitative estimate of drug-likeness (QED) is 0.765. The highest BCUT2D eigenvalue weighted by molar-refractivity contribution is 6.30. The zero-order valence-corrected chi connectivity index (χ0v) is 12.1. The van der Waals surface area contributed by atoms with Gasteiger partial charge in [-0.25, -0.2) is 0 Å². The molecule has 4 heteroatoms. The van der Waals surface area contributed by atoms with Crippen molar-refractivity contribution >= 4 is 17.9 Å². The summed E-state index contributed by atoms with van der Waals surface area (Å²) in [5.74, 6) is 2.08. The van der Waals surface area contributed by atoms with E-state index in [2.05, 4.69) is 0 Å². The minimum Gasteiger partial charge on any atom is -0.483 e. The van der Waals surface area contributed by atoms with E-state index in [0.717, 1.165) is 17.6 Å². The summed E-state index contributed by atoms with van der Waals surface area (Å²) in [6.45, 7) is 3.62. The Hall–Kier alpha value is -2.00. The van der Waals surface area contributed by atoms with Crippen molar-refractivity contribution in [3.05, 3.63) is 53.1 Å². The summed E-state index contributed by atoms with van der Waals surface area (Å²) in [5.41, 5.74) is 0.965. The molecule has 0 aliphatic heterocycles. The number of carbonyl (C=O) groups excluding carboxylic acids is 1. The molecule has 0 saturated carbocycles. The van der Waals surface area contributed by atoms with E-state index < -0.39 is 6.10 Å². The summed E-state index contributed by atoms with van der Waals surface area (Å²) in [7, 11) is 0. The second-order valence-electron chi connectivity index (χ2n) is 4.44. The Bertz CT molecular complexity index is 593. The van der Waals surface area contributed by atoms with E-state index in [1.807, 2.05) is 19.1 Å². The van der Waals surface area contributed by atoms with Crippen LogP contribution in [0.5, 0.6) is 17.2 Å². The predicted octanol–water partition coefficient (Wildman–Crippen LogP) is 4.41.